The van der Waals surface area contributed by atoms with Gasteiger partial charge in [-0.3, -0.25) is 0 Å². The summed E-state index contributed by atoms with van der Waals surface area (Å²) in [7, 11) is 0. The highest BCUT2D eigenvalue weighted by Gasteiger charge is 2.52. The van der Waals surface area contributed by atoms with Gasteiger partial charge in [-0.1, -0.05) is 36.8 Å². The maximum absolute atomic E-state index is 6.17. The second kappa shape index (κ2) is 5.38. The summed E-state index contributed by atoms with van der Waals surface area (Å²) in [5, 5.41) is 0. The van der Waals surface area contributed by atoms with E-state index in [1.165, 1.54) is 37.7 Å². The van der Waals surface area contributed by atoms with Crippen molar-refractivity contribution in [2.75, 3.05) is 6.61 Å². The van der Waals surface area contributed by atoms with Gasteiger partial charge in [-0.2, -0.15) is 0 Å². The van der Waals surface area contributed by atoms with Crippen LogP contribution in [0.5, 0.6) is 0 Å². The van der Waals surface area contributed by atoms with Gasteiger partial charge < -0.3 is 4.74 Å². The van der Waals surface area contributed by atoms with E-state index in [1.54, 1.807) is 0 Å². The maximum atomic E-state index is 6.17. The Labute approximate surface area is 126 Å². The van der Waals surface area contributed by atoms with Crippen molar-refractivity contribution in [1.29, 1.82) is 0 Å². The molecule has 3 aliphatic rings. The van der Waals surface area contributed by atoms with Crippen molar-refractivity contribution in [2.24, 2.45) is 5.92 Å². The molecule has 4 rings (SSSR count). The Balaban J connectivity index is 1.61. The lowest BCUT2D eigenvalue weighted by Gasteiger charge is -2.36. The molecule has 0 bridgehead atoms. The highest BCUT2D eigenvalue weighted by molar-refractivity contribution is 5.25. The van der Waals surface area contributed by atoms with Gasteiger partial charge in [0.05, 0.1) is 6.61 Å². The first-order valence-corrected chi connectivity index (χ1v) is 8.39. The number of benzene rings is 1. The van der Waals surface area contributed by atoms with Gasteiger partial charge in [-0.15, -0.1) is 0 Å². The van der Waals surface area contributed by atoms with Crippen LogP contribution in [0.1, 0.15) is 56.9 Å². The molecule has 1 heterocycles. The SMILES string of the molecule is c1ccc(C2(C3CC3)CCOC3(CCCCC3)OO2)cc1. The van der Waals surface area contributed by atoms with Crippen molar-refractivity contribution in [2.45, 2.75) is 62.8 Å². The highest BCUT2D eigenvalue weighted by atomic mass is 17.2. The fraction of sp³-hybridized carbons (Fsp3) is 0.667. The van der Waals surface area contributed by atoms with Gasteiger partial charge in [0.1, 0.15) is 5.60 Å². The summed E-state index contributed by atoms with van der Waals surface area (Å²) in [6.07, 6.45) is 8.89. The third-order valence-electron chi connectivity index (χ3n) is 5.30. The molecular weight excluding hydrogens is 264 g/mol. The zero-order chi connectivity index (χ0) is 14.2. The molecule has 0 amide bonds. The molecule has 1 saturated heterocycles. The smallest absolute Gasteiger partial charge is 0.201 e. The molecule has 0 radical (unpaired) electrons. The molecule has 1 unspecified atom stereocenters. The molecule has 3 fully saturated rings. The number of ether oxygens (including phenoxy) is 1. The largest absolute Gasteiger partial charge is 0.347 e. The van der Waals surface area contributed by atoms with Crippen molar-refractivity contribution in [3.63, 3.8) is 0 Å². The minimum Gasteiger partial charge on any atom is -0.347 e. The second-order valence-corrected chi connectivity index (χ2v) is 6.77. The van der Waals surface area contributed by atoms with Crippen LogP contribution in [-0.2, 0) is 20.1 Å². The summed E-state index contributed by atoms with van der Waals surface area (Å²) in [6, 6.07) is 10.6. The van der Waals surface area contributed by atoms with Gasteiger partial charge in [0.25, 0.3) is 0 Å². The molecule has 1 aliphatic heterocycles. The van der Waals surface area contributed by atoms with Crippen molar-refractivity contribution in [3.8, 4) is 0 Å². The van der Waals surface area contributed by atoms with Crippen molar-refractivity contribution < 1.29 is 14.5 Å². The summed E-state index contributed by atoms with van der Waals surface area (Å²) < 4.78 is 6.14. The average molecular weight is 288 g/mol. The topological polar surface area (TPSA) is 27.7 Å². The summed E-state index contributed by atoms with van der Waals surface area (Å²) in [5.41, 5.74) is 0.936. The molecule has 1 atom stereocenters. The van der Waals surface area contributed by atoms with Gasteiger partial charge in [-0.25, -0.2) is 9.78 Å². The van der Waals surface area contributed by atoms with Crippen LogP contribution in [0.15, 0.2) is 30.3 Å². The highest BCUT2D eigenvalue weighted by Crippen LogP contribution is 2.53. The van der Waals surface area contributed by atoms with Crippen LogP contribution in [0, 0.1) is 5.92 Å². The minimum absolute atomic E-state index is 0.303. The quantitative estimate of drug-likeness (QED) is 0.758. The molecule has 21 heavy (non-hydrogen) atoms. The van der Waals surface area contributed by atoms with E-state index in [1.807, 2.05) is 0 Å². The third-order valence-corrected chi connectivity index (χ3v) is 5.30. The molecule has 2 aliphatic carbocycles. The van der Waals surface area contributed by atoms with Crippen LogP contribution < -0.4 is 0 Å². The number of rotatable bonds is 2. The van der Waals surface area contributed by atoms with Gasteiger partial charge in [-0.05, 0) is 37.2 Å². The normalized spacial score (nSPS) is 32.8. The molecule has 1 aromatic carbocycles. The zero-order valence-corrected chi connectivity index (χ0v) is 12.6. The Kier molecular flexibility index (Phi) is 3.52. The average Bonchev–Trinajstić information content (AvgIpc) is 3.38. The molecule has 3 nitrogen and oxygen atoms in total. The molecule has 3 heteroatoms. The van der Waals surface area contributed by atoms with E-state index in [4.69, 9.17) is 14.5 Å². The minimum atomic E-state index is -0.482. The van der Waals surface area contributed by atoms with Crippen molar-refractivity contribution >= 4 is 0 Å². The maximum Gasteiger partial charge on any atom is 0.201 e. The van der Waals surface area contributed by atoms with E-state index in [-0.39, 0.29) is 5.60 Å². The molecule has 1 aromatic rings. The van der Waals surface area contributed by atoms with E-state index in [9.17, 15) is 0 Å². The van der Waals surface area contributed by atoms with E-state index < -0.39 is 5.79 Å². The fourth-order valence-corrected chi connectivity index (χ4v) is 3.89. The summed E-state index contributed by atoms with van der Waals surface area (Å²) in [6.45, 7) is 0.728. The lowest BCUT2D eigenvalue weighted by molar-refractivity contribution is -0.461. The van der Waals surface area contributed by atoms with Crippen molar-refractivity contribution in [1.82, 2.24) is 0 Å². The Morgan fingerprint density at radius 3 is 2.33 bits per heavy atom. The second-order valence-electron chi connectivity index (χ2n) is 6.77. The van der Waals surface area contributed by atoms with Gasteiger partial charge in [0.2, 0.25) is 5.79 Å². The first kappa shape index (κ1) is 13.7. The van der Waals surface area contributed by atoms with Gasteiger partial charge >= 0.3 is 0 Å². The van der Waals surface area contributed by atoms with Crippen LogP contribution in [-0.4, -0.2) is 12.4 Å². The summed E-state index contributed by atoms with van der Waals surface area (Å²) in [4.78, 5) is 12.1. The first-order valence-electron chi connectivity index (χ1n) is 8.39. The molecule has 0 aromatic heterocycles. The molecule has 1 spiro atoms. The van der Waals surface area contributed by atoms with Crippen LogP contribution in [0.25, 0.3) is 0 Å². The zero-order valence-electron chi connectivity index (χ0n) is 12.6. The third kappa shape index (κ3) is 2.52. The number of hydrogen-bond donors (Lipinski definition) is 0. The molecule has 114 valence electrons. The lowest BCUT2D eigenvalue weighted by Crippen LogP contribution is -2.38. The number of hydrogen-bond acceptors (Lipinski definition) is 3. The van der Waals surface area contributed by atoms with Crippen LogP contribution >= 0.6 is 0 Å². The Morgan fingerprint density at radius 2 is 1.62 bits per heavy atom. The van der Waals surface area contributed by atoms with Crippen LogP contribution in [0.3, 0.4) is 0 Å². The Hall–Kier alpha value is -0.900. The van der Waals surface area contributed by atoms with Crippen LogP contribution in [0.2, 0.25) is 0 Å². The first-order chi connectivity index (χ1) is 10.3. The summed E-state index contributed by atoms with van der Waals surface area (Å²) in [5.74, 6) is 0.0890. The van der Waals surface area contributed by atoms with E-state index in [0.29, 0.717) is 5.92 Å². The lowest BCUT2D eigenvalue weighted by atomic mass is 9.86. The Morgan fingerprint density at radius 1 is 0.857 bits per heavy atom. The summed E-state index contributed by atoms with van der Waals surface area (Å²) >= 11 is 0. The molecule has 0 N–H and O–H groups in total. The Bertz CT molecular complexity index is 476. The van der Waals surface area contributed by atoms with Crippen molar-refractivity contribution in [3.05, 3.63) is 35.9 Å². The monoisotopic (exact) mass is 288 g/mol. The van der Waals surface area contributed by atoms with E-state index in [0.717, 1.165) is 25.9 Å². The molecular formula is C18H24O3. The van der Waals surface area contributed by atoms with Crippen LogP contribution in [0.4, 0.5) is 0 Å². The fourth-order valence-electron chi connectivity index (χ4n) is 3.89. The predicted octanol–water partition coefficient (Wildman–Crippen LogP) is 4.32. The standard InChI is InChI=1S/C18H24O3/c1-3-7-15(8-4-1)18(16-9-10-16)13-14-19-17(20-21-18)11-5-2-6-12-17/h1,3-4,7-8,16H,2,5-6,9-14H2. The van der Waals surface area contributed by atoms with Gasteiger partial charge in [0, 0.05) is 19.3 Å². The van der Waals surface area contributed by atoms with E-state index >= 15 is 0 Å². The van der Waals surface area contributed by atoms with E-state index in [2.05, 4.69) is 30.3 Å². The van der Waals surface area contributed by atoms with Gasteiger partial charge in [0.15, 0.2) is 0 Å². The predicted molar refractivity (Wildman–Crippen MR) is 79.4 cm³/mol. The molecule has 2 saturated carbocycles.